The summed E-state index contributed by atoms with van der Waals surface area (Å²) in [6, 6.07) is 7.83. The van der Waals surface area contributed by atoms with Crippen molar-refractivity contribution in [3.8, 4) is 0 Å². The van der Waals surface area contributed by atoms with E-state index in [1.54, 1.807) is 0 Å². The van der Waals surface area contributed by atoms with Gasteiger partial charge in [0.05, 0.1) is 0 Å². The fourth-order valence-electron chi connectivity index (χ4n) is 1.55. The van der Waals surface area contributed by atoms with Crippen LogP contribution >= 0.6 is 0 Å². The minimum Gasteiger partial charge on any atom is -0.330 e. The summed E-state index contributed by atoms with van der Waals surface area (Å²) in [4.78, 5) is 11.5. The van der Waals surface area contributed by atoms with E-state index in [9.17, 15) is 4.79 Å². The van der Waals surface area contributed by atoms with E-state index < -0.39 is 0 Å². The standard InChI is InChI=1S/C13H20N2O/c1-11-6-5-7-12(10-11)15-13(16)8-3-2-4-9-14/h5-7,10H,2-4,8-9,14H2,1H3,(H,15,16). The van der Waals surface area contributed by atoms with E-state index in [-0.39, 0.29) is 5.91 Å². The number of rotatable bonds is 6. The first-order valence-corrected chi connectivity index (χ1v) is 5.79. The van der Waals surface area contributed by atoms with Crippen LogP contribution in [0.5, 0.6) is 0 Å². The Balaban J connectivity index is 2.29. The Morgan fingerprint density at radius 1 is 1.31 bits per heavy atom. The van der Waals surface area contributed by atoms with Crippen LogP contribution < -0.4 is 11.1 Å². The van der Waals surface area contributed by atoms with Crippen molar-refractivity contribution in [1.82, 2.24) is 0 Å². The largest absolute Gasteiger partial charge is 0.330 e. The lowest BCUT2D eigenvalue weighted by Gasteiger charge is -2.05. The highest BCUT2D eigenvalue weighted by Gasteiger charge is 2.01. The smallest absolute Gasteiger partial charge is 0.224 e. The van der Waals surface area contributed by atoms with Crippen molar-refractivity contribution >= 4 is 11.6 Å². The second-order valence-corrected chi connectivity index (χ2v) is 4.02. The van der Waals surface area contributed by atoms with E-state index in [2.05, 4.69) is 5.32 Å². The first-order chi connectivity index (χ1) is 7.72. The molecule has 0 spiro atoms. The van der Waals surface area contributed by atoms with E-state index in [0.29, 0.717) is 13.0 Å². The first kappa shape index (κ1) is 12.7. The zero-order valence-corrected chi connectivity index (χ0v) is 9.83. The van der Waals surface area contributed by atoms with E-state index in [0.717, 1.165) is 30.5 Å². The molecule has 3 nitrogen and oxygen atoms in total. The molecular formula is C13H20N2O. The predicted molar refractivity (Wildman–Crippen MR) is 67.3 cm³/mol. The van der Waals surface area contributed by atoms with Crippen LogP contribution in [-0.4, -0.2) is 12.5 Å². The zero-order valence-electron chi connectivity index (χ0n) is 9.83. The van der Waals surface area contributed by atoms with Gasteiger partial charge in [-0.3, -0.25) is 4.79 Å². The van der Waals surface area contributed by atoms with Crippen molar-refractivity contribution in [2.45, 2.75) is 32.6 Å². The Morgan fingerprint density at radius 3 is 2.81 bits per heavy atom. The normalized spacial score (nSPS) is 10.1. The second-order valence-electron chi connectivity index (χ2n) is 4.02. The number of hydrogen-bond donors (Lipinski definition) is 2. The monoisotopic (exact) mass is 220 g/mol. The molecule has 0 saturated heterocycles. The highest BCUT2D eigenvalue weighted by Crippen LogP contribution is 2.10. The van der Waals surface area contributed by atoms with Crippen LogP contribution in [0.3, 0.4) is 0 Å². The lowest BCUT2D eigenvalue weighted by atomic mass is 10.2. The van der Waals surface area contributed by atoms with Crippen molar-refractivity contribution in [1.29, 1.82) is 0 Å². The molecule has 0 radical (unpaired) electrons. The molecule has 0 fully saturated rings. The average molecular weight is 220 g/mol. The third kappa shape index (κ3) is 4.94. The average Bonchev–Trinajstić information content (AvgIpc) is 2.24. The number of anilines is 1. The van der Waals surface area contributed by atoms with Crippen molar-refractivity contribution in [2.75, 3.05) is 11.9 Å². The van der Waals surface area contributed by atoms with Crippen LogP contribution in [-0.2, 0) is 4.79 Å². The summed E-state index contributed by atoms with van der Waals surface area (Å²) in [5.41, 5.74) is 7.42. The number of carbonyl (C=O) groups is 1. The molecule has 3 N–H and O–H groups in total. The topological polar surface area (TPSA) is 55.1 Å². The second kappa shape index (κ2) is 7.01. The lowest BCUT2D eigenvalue weighted by Crippen LogP contribution is -2.11. The Bertz CT molecular complexity index is 336. The summed E-state index contributed by atoms with van der Waals surface area (Å²) in [6.45, 7) is 2.72. The van der Waals surface area contributed by atoms with Gasteiger partial charge < -0.3 is 11.1 Å². The van der Waals surface area contributed by atoms with E-state index in [1.165, 1.54) is 0 Å². The number of unbranched alkanes of at least 4 members (excludes halogenated alkanes) is 2. The van der Waals surface area contributed by atoms with Gasteiger partial charge in [0.15, 0.2) is 0 Å². The minimum absolute atomic E-state index is 0.0858. The van der Waals surface area contributed by atoms with Gasteiger partial charge in [0.1, 0.15) is 0 Å². The van der Waals surface area contributed by atoms with Crippen molar-refractivity contribution in [3.05, 3.63) is 29.8 Å². The molecule has 0 aliphatic carbocycles. The fourth-order valence-corrected chi connectivity index (χ4v) is 1.55. The molecule has 0 aliphatic rings. The van der Waals surface area contributed by atoms with Gasteiger partial charge in [0.25, 0.3) is 0 Å². The van der Waals surface area contributed by atoms with Crippen LogP contribution in [0.2, 0.25) is 0 Å². The maximum Gasteiger partial charge on any atom is 0.224 e. The summed E-state index contributed by atoms with van der Waals surface area (Å²) >= 11 is 0. The number of amides is 1. The van der Waals surface area contributed by atoms with Gasteiger partial charge in [-0.1, -0.05) is 18.6 Å². The van der Waals surface area contributed by atoms with Gasteiger partial charge >= 0.3 is 0 Å². The third-order valence-corrected chi connectivity index (χ3v) is 2.41. The summed E-state index contributed by atoms with van der Waals surface area (Å²) < 4.78 is 0. The van der Waals surface area contributed by atoms with E-state index in [1.807, 2.05) is 31.2 Å². The van der Waals surface area contributed by atoms with Crippen LogP contribution in [0, 0.1) is 6.92 Å². The van der Waals surface area contributed by atoms with Gasteiger partial charge in [0.2, 0.25) is 5.91 Å². The van der Waals surface area contributed by atoms with Gasteiger partial charge in [-0.2, -0.15) is 0 Å². The Hall–Kier alpha value is -1.35. The van der Waals surface area contributed by atoms with Crippen LogP contribution in [0.25, 0.3) is 0 Å². The third-order valence-electron chi connectivity index (χ3n) is 2.41. The van der Waals surface area contributed by atoms with Crippen LogP contribution in [0.1, 0.15) is 31.2 Å². The van der Waals surface area contributed by atoms with Crippen LogP contribution in [0.15, 0.2) is 24.3 Å². The van der Waals surface area contributed by atoms with E-state index >= 15 is 0 Å². The lowest BCUT2D eigenvalue weighted by molar-refractivity contribution is -0.116. The van der Waals surface area contributed by atoms with Gasteiger partial charge in [0, 0.05) is 12.1 Å². The molecule has 0 unspecified atom stereocenters. The number of benzene rings is 1. The number of aryl methyl sites for hydroxylation is 1. The highest BCUT2D eigenvalue weighted by molar-refractivity contribution is 5.90. The maximum atomic E-state index is 11.5. The number of nitrogens with two attached hydrogens (primary N) is 1. The number of nitrogens with one attached hydrogen (secondary N) is 1. The quantitative estimate of drug-likeness (QED) is 0.723. The molecule has 0 aromatic heterocycles. The molecule has 0 saturated carbocycles. The minimum atomic E-state index is 0.0858. The molecular weight excluding hydrogens is 200 g/mol. The number of hydrogen-bond acceptors (Lipinski definition) is 2. The summed E-state index contributed by atoms with van der Waals surface area (Å²) in [6.07, 6.45) is 3.51. The molecule has 1 aromatic carbocycles. The van der Waals surface area contributed by atoms with Crippen molar-refractivity contribution in [3.63, 3.8) is 0 Å². The van der Waals surface area contributed by atoms with E-state index in [4.69, 9.17) is 5.73 Å². The van der Waals surface area contributed by atoms with Gasteiger partial charge in [-0.25, -0.2) is 0 Å². The molecule has 3 heteroatoms. The van der Waals surface area contributed by atoms with Crippen molar-refractivity contribution < 1.29 is 4.79 Å². The fraction of sp³-hybridized carbons (Fsp3) is 0.462. The molecule has 0 bridgehead atoms. The van der Waals surface area contributed by atoms with Gasteiger partial charge in [-0.05, 0) is 44.0 Å². The SMILES string of the molecule is Cc1cccc(NC(=O)CCCCCN)c1. The maximum absolute atomic E-state index is 11.5. The molecule has 1 rings (SSSR count). The molecule has 88 valence electrons. The van der Waals surface area contributed by atoms with Gasteiger partial charge in [-0.15, -0.1) is 0 Å². The molecule has 0 atom stereocenters. The Morgan fingerprint density at radius 2 is 2.12 bits per heavy atom. The summed E-state index contributed by atoms with van der Waals surface area (Å²) in [5, 5.41) is 2.89. The molecule has 16 heavy (non-hydrogen) atoms. The van der Waals surface area contributed by atoms with Crippen molar-refractivity contribution in [2.24, 2.45) is 5.73 Å². The summed E-state index contributed by atoms with van der Waals surface area (Å²) in [7, 11) is 0. The molecule has 1 amide bonds. The molecule has 0 aliphatic heterocycles. The zero-order chi connectivity index (χ0) is 11.8. The molecule has 1 aromatic rings. The summed E-state index contributed by atoms with van der Waals surface area (Å²) in [5.74, 6) is 0.0858. The Kier molecular flexibility index (Phi) is 5.57. The predicted octanol–water partition coefficient (Wildman–Crippen LogP) is 2.45. The molecule has 0 heterocycles. The Labute approximate surface area is 97.0 Å². The number of carbonyl (C=O) groups excluding carboxylic acids is 1. The van der Waals surface area contributed by atoms with Crippen LogP contribution in [0.4, 0.5) is 5.69 Å². The highest BCUT2D eigenvalue weighted by atomic mass is 16.1. The first-order valence-electron chi connectivity index (χ1n) is 5.79.